The van der Waals surface area contributed by atoms with E-state index in [1.807, 2.05) is 42.5 Å². The molecule has 0 saturated carbocycles. The third-order valence-electron chi connectivity index (χ3n) is 3.36. The summed E-state index contributed by atoms with van der Waals surface area (Å²) in [4.78, 5) is 12.1. The molecule has 0 aliphatic heterocycles. The molecule has 2 N–H and O–H groups in total. The summed E-state index contributed by atoms with van der Waals surface area (Å²) in [5.74, 6) is -0.517. The lowest BCUT2D eigenvalue weighted by Gasteiger charge is -2.20. The second kappa shape index (κ2) is 8.88. The van der Waals surface area contributed by atoms with E-state index in [4.69, 9.17) is 9.84 Å². The van der Waals surface area contributed by atoms with E-state index in [0.29, 0.717) is 12.0 Å². The normalized spacial score (nSPS) is 13.7. The minimum atomic E-state index is -1.12. The summed E-state index contributed by atoms with van der Waals surface area (Å²) in [6, 6.07) is 18.2. The van der Waals surface area contributed by atoms with Crippen LogP contribution >= 0.6 is 0 Å². The summed E-state index contributed by atoms with van der Waals surface area (Å²) in [5, 5.41) is 19.0. The molecule has 4 nitrogen and oxygen atoms in total. The summed E-state index contributed by atoms with van der Waals surface area (Å²) >= 11 is 0. The third kappa shape index (κ3) is 5.36. The number of hydrogen-bond donors (Lipinski definition) is 2. The van der Waals surface area contributed by atoms with Crippen molar-refractivity contribution in [2.24, 2.45) is 0 Å². The molecule has 120 valence electrons. The van der Waals surface area contributed by atoms with E-state index in [1.165, 1.54) is 0 Å². The number of ether oxygens (including phenoxy) is 1. The minimum absolute atomic E-state index is 0.315. The molecule has 4 heteroatoms. The Kier molecular flexibility index (Phi) is 6.54. The van der Waals surface area contributed by atoms with Crippen LogP contribution in [0.1, 0.15) is 22.3 Å². The lowest BCUT2D eigenvalue weighted by molar-refractivity contribution is -0.0355. The number of benzene rings is 2. The van der Waals surface area contributed by atoms with E-state index in [0.717, 1.165) is 5.56 Å². The van der Waals surface area contributed by atoms with Crippen molar-refractivity contribution in [2.45, 2.75) is 18.6 Å². The Balaban J connectivity index is 2.00. The van der Waals surface area contributed by atoms with Crippen molar-refractivity contribution in [3.05, 3.63) is 77.9 Å². The van der Waals surface area contributed by atoms with Crippen LogP contribution in [0.3, 0.4) is 0 Å². The zero-order valence-corrected chi connectivity index (χ0v) is 12.7. The van der Waals surface area contributed by atoms with Crippen LogP contribution in [0.4, 0.5) is 0 Å². The Labute approximate surface area is 135 Å². The summed E-state index contributed by atoms with van der Waals surface area (Å²) in [6.45, 7) is -0.466. The molecule has 0 fully saturated rings. The monoisotopic (exact) mass is 312 g/mol. The van der Waals surface area contributed by atoms with Gasteiger partial charge >= 0.3 is 5.97 Å². The molecule has 0 aliphatic rings. The van der Waals surface area contributed by atoms with E-state index < -0.39 is 24.8 Å². The molecule has 0 radical (unpaired) electrons. The molecule has 0 saturated heterocycles. The van der Waals surface area contributed by atoms with Crippen molar-refractivity contribution in [1.82, 2.24) is 0 Å². The predicted octanol–water partition coefficient (Wildman–Crippen LogP) is 2.67. The van der Waals surface area contributed by atoms with Gasteiger partial charge in [0.05, 0.1) is 12.2 Å². The summed E-state index contributed by atoms with van der Waals surface area (Å²) in [5.41, 5.74) is 1.42. The van der Waals surface area contributed by atoms with E-state index >= 15 is 0 Å². The van der Waals surface area contributed by atoms with E-state index in [9.17, 15) is 9.90 Å². The van der Waals surface area contributed by atoms with E-state index in [-0.39, 0.29) is 0 Å². The zero-order chi connectivity index (χ0) is 16.5. The first kappa shape index (κ1) is 16.9. The molecule has 0 bridgehead atoms. The van der Waals surface area contributed by atoms with Gasteiger partial charge in [-0.3, -0.25) is 0 Å². The summed E-state index contributed by atoms with van der Waals surface area (Å²) in [6.07, 6.45) is 2.09. The fraction of sp³-hybridized carbons (Fsp3) is 0.211. The van der Waals surface area contributed by atoms with Gasteiger partial charge in [-0.1, -0.05) is 60.7 Å². The number of carbonyl (C=O) groups excluding carboxylic acids is 1. The molecule has 0 aliphatic carbocycles. The smallest absolute Gasteiger partial charge is 0.338 e. The van der Waals surface area contributed by atoms with Gasteiger partial charge in [0.1, 0.15) is 12.2 Å². The molecule has 0 amide bonds. The summed E-state index contributed by atoms with van der Waals surface area (Å²) in [7, 11) is 0. The van der Waals surface area contributed by atoms with Gasteiger partial charge in [0.2, 0.25) is 0 Å². The number of hydrogen-bond acceptors (Lipinski definition) is 4. The molecule has 0 aromatic heterocycles. The number of rotatable bonds is 7. The highest BCUT2D eigenvalue weighted by Gasteiger charge is 2.22. The van der Waals surface area contributed by atoms with Crippen LogP contribution in [-0.2, 0) is 4.74 Å². The van der Waals surface area contributed by atoms with Crippen LogP contribution in [0.5, 0.6) is 0 Å². The van der Waals surface area contributed by atoms with Gasteiger partial charge in [-0.05, 0) is 17.7 Å². The lowest BCUT2D eigenvalue weighted by atomic mass is 10.1. The van der Waals surface area contributed by atoms with Crippen molar-refractivity contribution in [3.8, 4) is 0 Å². The second-order valence-electron chi connectivity index (χ2n) is 5.11. The largest absolute Gasteiger partial charge is 0.456 e. The number of aliphatic hydroxyl groups is 2. The fourth-order valence-electron chi connectivity index (χ4n) is 2.08. The second-order valence-corrected chi connectivity index (χ2v) is 5.11. The van der Waals surface area contributed by atoms with Crippen molar-refractivity contribution in [3.63, 3.8) is 0 Å². The van der Waals surface area contributed by atoms with Gasteiger partial charge in [0.25, 0.3) is 0 Å². The first-order chi connectivity index (χ1) is 11.2. The van der Waals surface area contributed by atoms with Gasteiger partial charge in [0, 0.05) is 6.42 Å². The molecule has 0 spiro atoms. The van der Waals surface area contributed by atoms with Crippen molar-refractivity contribution in [1.29, 1.82) is 0 Å². The Morgan fingerprint density at radius 3 is 2.26 bits per heavy atom. The number of aliphatic hydroxyl groups excluding tert-OH is 2. The Bertz CT molecular complexity index is 622. The maximum atomic E-state index is 12.1. The first-order valence-electron chi connectivity index (χ1n) is 7.47. The molecule has 0 heterocycles. The molecule has 0 unspecified atom stereocenters. The molecule has 2 aromatic carbocycles. The predicted molar refractivity (Wildman–Crippen MR) is 88.8 cm³/mol. The van der Waals surface area contributed by atoms with Crippen LogP contribution in [-0.4, -0.2) is 35.0 Å². The maximum absolute atomic E-state index is 12.1. The van der Waals surface area contributed by atoms with E-state index in [2.05, 4.69) is 0 Å². The molecule has 2 rings (SSSR count). The van der Waals surface area contributed by atoms with Gasteiger partial charge in [-0.25, -0.2) is 4.79 Å². The standard InChI is InChI=1S/C19H20O4/c20-14-17(21)18(13-7-10-15-8-3-1-4-9-15)23-19(22)16-11-5-2-6-12-16/h1-12,17-18,20-21H,13-14H2/b10-7+/t17-,18+/m0/s1. The maximum Gasteiger partial charge on any atom is 0.338 e. The Morgan fingerprint density at radius 1 is 1.04 bits per heavy atom. The highest BCUT2D eigenvalue weighted by atomic mass is 16.6. The lowest BCUT2D eigenvalue weighted by Crippen LogP contribution is -2.33. The minimum Gasteiger partial charge on any atom is -0.456 e. The Morgan fingerprint density at radius 2 is 1.65 bits per heavy atom. The fourth-order valence-corrected chi connectivity index (χ4v) is 2.08. The highest BCUT2D eigenvalue weighted by molar-refractivity contribution is 5.89. The quantitative estimate of drug-likeness (QED) is 0.771. The SMILES string of the molecule is O=C(O[C@H](C/C=C/c1ccccc1)[C@@H](O)CO)c1ccccc1. The Hall–Kier alpha value is -2.43. The van der Waals surface area contributed by atoms with Crippen molar-refractivity contribution < 1.29 is 19.7 Å². The van der Waals surface area contributed by atoms with Gasteiger partial charge in [0.15, 0.2) is 0 Å². The van der Waals surface area contributed by atoms with Gasteiger partial charge < -0.3 is 14.9 Å². The number of carbonyl (C=O) groups is 1. The van der Waals surface area contributed by atoms with E-state index in [1.54, 1.807) is 30.3 Å². The van der Waals surface area contributed by atoms with Crippen LogP contribution in [0.15, 0.2) is 66.7 Å². The van der Waals surface area contributed by atoms with Crippen LogP contribution in [0.25, 0.3) is 6.08 Å². The van der Waals surface area contributed by atoms with Crippen molar-refractivity contribution >= 4 is 12.0 Å². The molecular weight excluding hydrogens is 292 g/mol. The average molecular weight is 312 g/mol. The van der Waals surface area contributed by atoms with Crippen LogP contribution < -0.4 is 0 Å². The third-order valence-corrected chi connectivity index (χ3v) is 3.36. The van der Waals surface area contributed by atoms with Crippen LogP contribution in [0.2, 0.25) is 0 Å². The molecule has 23 heavy (non-hydrogen) atoms. The summed E-state index contributed by atoms with van der Waals surface area (Å²) < 4.78 is 5.33. The van der Waals surface area contributed by atoms with Crippen molar-refractivity contribution in [2.75, 3.05) is 6.61 Å². The topological polar surface area (TPSA) is 66.8 Å². The zero-order valence-electron chi connectivity index (χ0n) is 12.7. The van der Waals surface area contributed by atoms with Gasteiger partial charge in [-0.2, -0.15) is 0 Å². The highest BCUT2D eigenvalue weighted by Crippen LogP contribution is 2.12. The van der Waals surface area contributed by atoms with Crippen LogP contribution in [0, 0.1) is 0 Å². The average Bonchev–Trinajstić information content (AvgIpc) is 2.61. The first-order valence-corrected chi connectivity index (χ1v) is 7.47. The molecular formula is C19H20O4. The molecule has 2 aromatic rings. The molecule has 2 atom stereocenters. The number of esters is 1. The van der Waals surface area contributed by atoms with Gasteiger partial charge in [-0.15, -0.1) is 0 Å².